The zero-order valence-corrected chi connectivity index (χ0v) is 9.03. The summed E-state index contributed by atoms with van der Waals surface area (Å²) in [5.41, 5.74) is 1.33. The Balaban J connectivity index is 2.02. The fourth-order valence-electron chi connectivity index (χ4n) is 1.59. The number of hydrogen-bond donors (Lipinski definition) is 0. The van der Waals surface area contributed by atoms with Crippen LogP contribution in [0.3, 0.4) is 0 Å². The zero-order chi connectivity index (χ0) is 10.2. The number of aromatic nitrogens is 3. The average Bonchev–Trinajstić information content (AvgIpc) is 2.50. The van der Waals surface area contributed by atoms with Crippen LogP contribution in [0, 0.1) is 5.41 Å². The van der Waals surface area contributed by atoms with Gasteiger partial charge >= 0.3 is 0 Å². The molecule has 1 aliphatic rings. The van der Waals surface area contributed by atoms with Crippen molar-refractivity contribution in [1.29, 1.82) is 0 Å². The van der Waals surface area contributed by atoms with Gasteiger partial charge in [-0.1, -0.05) is 26.0 Å². The lowest BCUT2D eigenvalue weighted by Gasteiger charge is -2.37. The smallest absolute Gasteiger partial charge is 0.0852 e. The van der Waals surface area contributed by atoms with E-state index in [1.54, 1.807) is 0 Å². The molecule has 0 N–H and O–H groups in total. The van der Waals surface area contributed by atoms with Crippen LogP contribution in [0.1, 0.15) is 32.4 Å². The van der Waals surface area contributed by atoms with Gasteiger partial charge in [0.15, 0.2) is 0 Å². The number of nitrogens with zero attached hydrogens (tertiary/aromatic N) is 3. The maximum atomic E-state index is 5.20. The predicted octanol–water partition coefficient (Wildman–Crippen LogP) is 1.44. The Morgan fingerprint density at radius 2 is 2.29 bits per heavy atom. The Morgan fingerprint density at radius 1 is 1.57 bits per heavy atom. The molecule has 2 heterocycles. The van der Waals surface area contributed by atoms with Crippen molar-refractivity contribution in [3.8, 4) is 0 Å². The minimum atomic E-state index is 0.266. The molecule has 0 saturated carbocycles. The van der Waals surface area contributed by atoms with Gasteiger partial charge in [0.2, 0.25) is 0 Å². The van der Waals surface area contributed by atoms with Gasteiger partial charge in [0.1, 0.15) is 0 Å². The molecule has 1 fully saturated rings. The van der Waals surface area contributed by atoms with Crippen molar-refractivity contribution in [2.24, 2.45) is 5.41 Å². The van der Waals surface area contributed by atoms with E-state index in [9.17, 15) is 0 Å². The van der Waals surface area contributed by atoms with Crippen LogP contribution in [0.4, 0.5) is 0 Å². The van der Waals surface area contributed by atoms with Crippen molar-refractivity contribution in [3.05, 3.63) is 11.9 Å². The lowest BCUT2D eigenvalue weighted by atomic mass is 9.89. The first-order chi connectivity index (χ1) is 6.59. The molecule has 4 heteroatoms. The molecule has 0 atom stereocenters. The topological polar surface area (TPSA) is 39.9 Å². The van der Waals surface area contributed by atoms with Gasteiger partial charge in [-0.2, -0.15) is 0 Å². The highest BCUT2D eigenvalue weighted by Gasteiger charge is 2.34. The van der Waals surface area contributed by atoms with E-state index < -0.39 is 0 Å². The van der Waals surface area contributed by atoms with Gasteiger partial charge in [-0.25, -0.2) is 0 Å². The Kier molecular flexibility index (Phi) is 2.31. The molecule has 0 bridgehead atoms. The molecule has 78 valence electrons. The molecule has 14 heavy (non-hydrogen) atoms. The monoisotopic (exact) mass is 195 g/mol. The van der Waals surface area contributed by atoms with Crippen LogP contribution in [0.2, 0.25) is 0 Å². The van der Waals surface area contributed by atoms with Gasteiger partial charge in [0, 0.05) is 11.6 Å². The van der Waals surface area contributed by atoms with E-state index in [-0.39, 0.29) is 5.41 Å². The predicted molar refractivity (Wildman–Crippen MR) is 53.0 cm³/mol. The first kappa shape index (κ1) is 9.65. The Hall–Kier alpha value is -0.900. The molecule has 4 nitrogen and oxygen atoms in total. The molecule has 1 aliphatic heterocycles. The molecular formula is C10H17N3O. The van der Waals surface area contributed by atoms with Crippen LogP contribution in [-0.4, -0.2) is 28.2 Å². The van der Waals surface area contributed by atoms with Crippen LogP contribution in [0.15, 0.2) is 6.20 Å². The van der Waals surface area contributed by atoms with Crippen molar-refractivity contribution in [2.75, 3.05) is 13.2 Å². The third kappa shape index (κ3) is 1.80. The molecule has 0 unspecified atom stereocenters. The summed E-state index contributed by atoms with van der Waals surface area (Å²) in [7, 11) is 0. The molecule has 0 radical (unpaired) electrons. The summed E-state index contributed by atoms with van der Waals surface area (Å²) in [5.74, 6) is 0.453. The van der Waals surface area contributed by atoms with E-state index in [0.717, 1.165) is 25.5 Å². The van der Waals surface area contributed by atoms with Gasteiger partial charge in [0.25, 0.3) is 0 Å². The second-order valence-corrected chi connectivity index (χ2v) is 4.80. The van der Waals surface area contributed by atoms with Gasteiger partial charge in [0.05, 0.1) is 25.5 Å². The molecule has 0 aliphatic carbocycles. The highest BCUT2D eigenvalue weighted by atomic mass is 16.5. The van der Waals surface area contributed by atoms with E-state index in [1.807, 2.05) is 10.9 Å². The second kappa shape index (κ2) is 3.35. The van der Waals surface area contributed by atoms with Crippen molar-refractivity contribution >= 4 is 0 Å². The van der Waals surface area contributed by atoms with Crippen molar-refractivity contribution in [3.63, 3.8) is 0 Å². The molecule has 0 amide bonds. The standard InChI is InChI=1S/C10H17N3O/c1-8(2)9-4-13(12-11-9)5-10(3)6-14-7-10/h4,8H,5-7H2,1-3H3. The third-order valence-corrected chi connectivity index (χ3v) is 2.59. The Bertz CT molecular complexity index is 315. The first-order valence-corrected chi connectivity index (χ1v) is 5.07. The Morgan fingerprint density at radius 3 is 2.71 bits per heavy atom. The zero-order valence-electron chi connectivity index (χ0n) is 9.03. The number of hydrogen-bond acceptors (Lipinski definition) is 3. The summed E-state index contributed by atoms with van der Waals surface area (Å²) >= 11 is 0. The maximum Gasteiger partial charge on any atom is 0.0852 e. The molecule has 1 aromatic heterocycles. The van der Waals surface area contributed by atoms with Crippen LogP contribution in [-0.2, 0) is 11.3 Å². The fourth-order valence-corrected chi connectivity index (χ4v) is 1.59. The first-order valence-electron chi connectivity index (χ1n) is 5.07. The molecule has 0 aromatic carbocycles. The second-order valence-electron chi connectivity index (χ2n) is 4.80. The minimum absolute atomic E-state index is 0.266. The lowest BCUT2D eigenvalue weighted by molar-refractivity contribution is -0.111. The summed E-state index contributed by atoms with van der Waals surface area (Å²) < 4.78 is 7.13. The van der Waals surface area contributed by atoms with Crippen LogP contribution >= 0.6 is 0 Å². The normalized spacial score (nSPS) is 19.7. The van der Waals surface area contributed by atoms with E-state index in [0.29, 0.717) is 5.92 Å². The summed E-state index contributed by atoms with van der Waals surface area (Å²) in [6, 6.07) is 0. The van der Waals surface area contributed by atoms with E-state index >= 15 is 0 Å². The number of ether oxygens (including phenoxy) is 1. The summed E-state index contributed by atoms with van der Waals surface area (Å²) in [6.07, 6.45) is 2.04. The molecule has 1 aromatic rings. The summed E-state index contributed by atoms with van der Waals surface area (Å²) in [5, 5.41) is 8.25. The van der Waals surface area contributed by atoms with Gasteiger partial charge in [-0.3, -0.25) is 4.68 Å². The van der Waals surface area contributed by atoms with E-state index in [2.05, 4.69) is 31.1 Å². The fraction of sp³-hybridized carbons (Fsp3) is 0.800. The summed E-state index contributed by atoms with van der Waals surface area (Å²) in [4.78, 5) is 0. The highest BCUT2D eigenvalue weighted by Crippen LogP contribution is 2.28. The van der Waals surface area contributed by atoms with Gasteiger partial charge < -0.3 is 4.74 Å². The quantitative estimate of drug-likeness (QED) is 0.732. The average molecular weight is 195 g/mol. The molecule has 0 spiro atoms. The van der Waals surface area contributed by atoms with Gasteiger partial charge in [-0.15, -0.1) is 5.10 Å². The molecular weight excluding hydrogens is 178 g/mol. The highest BCUT2D eigenvalue weighted by molar-refractivity contribution is 4.98. The van der Waals surface area contributed by atoms with Crippen molar-refractivity contribution in [1.82, 2.24) is 15.0 Å². The molecule has 2 rings (SSSR count). The van der Waals surface area contributed by atoms with Crippen LogP contribution in [0.5, 0.6) is 0 Å². The lowest BCUT2D eigenvalue weighted by Crippen LogP contribution is -2.43. The van der Waals surface area contributed by atoms with Crippen molar-refractivity contribution in [2.45, 2.75) is 33.2 Å². The van der Waals surface area contributed by atoms with Gasteiger partial charge in [-0.05, 0) is 5.92 Å². The van der Waals surface area contributed by atoms with E-state index in [1.165, 1.54) is 0 Å². The maximum absolute atomic E-state index is 5.20. The largest absolute Gasteiger partial charge is 0.380 e. The van der Waals surface area contributed by atoms with E-state index in [4.69, 9.17) is 4.74 Å². The number of rotatable bonds is 3. The summed E-state index contributed by atoms with van der Waals surface area (Å²) in [6.45, 7) is 9.05. The molecule has 1 saturated heterocycles. The van der Waals surface area contributed by atoms with Crippen molar-refractivity contribution < 1.29 is 4.74 Å². The third-order valence-electron chi connectivity index (χ3n) is 2.59. The SMILES string of the molecule is CC(C)c1cn(CC2(C)COC2)nn1. The van der Waals surface area contributed by atoms with Crippen LogP contribution in [0.25, 0.3) is 0 Å². The van der Waals surface area contributed by atoms with Crippen LogP contribution < -0.4 is 0 Å². The minimum Gasteiger partial charge on any atom is -0.380 e. The Labute approximate surface area is 84.3 Å².